The van der Waals surface area contributed by atoms with Crippen molar-refractivity contribution in [2.75, 3.05) is 7.11 Å². The summed E-state index contributed by atoms with van der Waals surface area (Å²) in [6, 6.07) is 6.21. The van der Waals surface area contributed by atoms with Crippen molar-refractivity contribution in [3.8, 4) is 5.75 Å². The largest absolute Gasteiger partial charge is 0.497 e. The van der Waals surface area contributed by atoms with Gasteiger partial charge < -0.3 is 4.74 Å². The van der Waals surface area contributed by atoms with E-state index in [1.54, 1.807) is 12.1 Å². The Morgan fingerprint density at radius 2 is 1.67 bits per heavy atom. The van der Waals surface area contributed by atoms with Gasteiger partial charge in [-0.25, -0.2) is 19.4 Å². The van der Waals surface area contributed by atoms with Crippen molar-refractivity contribution in [1.82, 2.24) is 0 Å². The van der Waals surface area contributed by atoms with E-state index in [2.05, 4.69) is 9.78 Å². The predicted octanol–water partition coefficient (Wildman–Crippen LogP) is 1.33. The normalized spacial score (nSPS) is 9.20. The minimum absolute atomic E-state index is 0.275. The highest BCUT2D eigenvalue weighted by atomic mass is 17.2. The fraction of sp³-hybridized carbons (Fsp3) is 0.200. The number of methoxy groups -OCH3 is 1. The molecule has 15 heavy (non-hydrogen) atoms. The average Bonchev–Trinajstić information content (AvgIpc) is 2.26. The van der Waals surface area contributed by atoms with Crippen LogP contribution in [0.4, 0.5) is 0 Å². The fourth-order valence-electron chi connectivity index (χ4n) is 0.872. The number of hydrogen-bond donors (Lipinski definition) is 0. The second-order valence-corrected chi connectivity index (χ2v) is 2.67. The molecule has 0 N–H and O–H groups in total. The lowest BCUT2D eigenvalue weighted by molar-refractivity contribution is -0.231. The Balaban J connectivity index is 2.62. The molecule has 0 aromatic heterocycles. The Morgan fingerprint density at radius 1 is 1.07 bits per heavy atom. The van der Waals surface area contributed by atoms with Crippen molar-refractivity contribution in [1.29, 1.82) is 0 Å². The third kappa shape index (κ3) is 3.30. The van der Waals surface area contributed by atoms with E-state index in [0.29, 0.717) is 5.75 Å². The molecule has 0 heterocycles. The molecule has 0 aliphatic rings. The van der Waals surface area contributed by atoms with Crippen LogP contribution in [-0.2, 0) is 14.6 Å². The van der Waals surface area contributed by atoms with E-state index >= 15 is 0 Å². The minimum atomic E-state index is -0.729. The van der Waals surface area contributed by atoms with Crippen molar-refractivity contribution in [3.63, 3.8) is 0 Å². The molecule has 0 radical (unpaired) electrons. The van der Waals surface area contributed by atoms with Gasteiger partial charge in [0.05, 0.1) is 12.7 Å². The molecular formula is C10H10O5. The van der Waals surface area contributed by atoms with E-state index < -0.39 is 11.9 Å². The van der Waals surface area contributed by atoms with E-state index in [0.717, 1.165) is 6.92 Å². The Labute approximate surface area is 86.5 Å². The van der Waals surface area contributed by atoms with Crippen molar-refractivity contribution < 1.29 is 24.1 Å². The van der Waals surface area contributed by atoms with Crippen LogP contribution < -0.4 is 4.74 Å². The quantitative estimate of drug-likeness (QED) is 0.544. The highest BCUT2D eigenvalue weighted by molar-refractivity contribution is 5.89. The Hall–Kier alpha value is -2.04. The first-order valence-corrected chi connectivity index (χ1v) is 4.17. The van der Waals surface area contributed by atoms with Gasteiger partial charge in [-0.05, 0) is 24.3 Å². The van der Waals surface area contributed by atoms with E-state index in [-0.39, 0.29) is 5.56 Å². The van der Waals surface area contributed by atoms with Crippen LogP contribution in [0.15, 0.2) is 24.3 Å². The first kappa shape index (κ1) is 11.0. The highest BCUT2D eigenvalue weighted by Gasteiger charge is 2.09. The molecule has 0 fully saturated rings. The maximum absolute atomic E-state index is 11.2. The zero-order chi connectivity index (χ0) is 11.3. The van der Waals surface area contributed by atoms with Gasteiger partial charge in [-0.3, -0.25) is 0 Å². The molecule has 0 bridgehead atoms. The summed E-state index contributed by atoms with van der Waals surface area (Å²) in [5.74, 6) is -0.788. The number of carbonyl (C=O) groups is 2. The smallest absolute Gasteiger partial charge is 0.386 e. The Bertz CT molecular complexity index is 355. The molecule has 0 unspecified atom stereocenters. The van der Waals surface area contributed by atoms with Crippen molar-refractivity contribution >= 4 is 11.9 Å². The second kappa shape index (κ2) is 4.99. The molecule has 0 aliphatic carbocycles. The molecule has 0 saturated carbocycles. The summed E-state index contributed by atoms with van der Waals surface area (Å²) in [6.07, 6.45) is 0. The Kier molecular flexibility index (Phi) is 3.68. The van der Waals surface area contributed by atoms with E-state index in [1.807, 2.05) is 0 Å². The van der Waals surface area contributed by atoms with Crippen molar-refractivity contribution in [3.05, 3.63) is 29.8 Å². The number of rotatable bonds is 2. The lowest BCUT2D eigenvalue weighted by Crippen LogP contribution is -2.08. The third-order valence-corrected chi connectivity index (χ3v) is 1.56. The molecule has 0 amide bonds. The van der Waals surface area contributed by atoms with E-state index in [1.165, 1.54) is 19.2 Å². The van der Waals surface area contributed by atoms with Crippen LogP contribution in [0.5, 0.6) is 5.75 Å². The molecule has 1 aromatic rings. The van der Waals surface area contributed by atoms with Gasteiger partial charge >= 0.3 is 11.9 Å². The monoisotopic (exact) mass is 210 g/mol. The zero-order valence-corrected chi connectivity index (χ0v) is 8.35. The van der Waals surface area contributed by atoms with E-state index in [4.69, 9.17) is 4.74 Å². The Morgan fingerprint density at radius 3 is 2.13 bits per heavy atom. The first-order chi connectivity index (χ1) is 7.13. The molecule has 5 heteroatoms. The van der Waals surface area contributed by atoms with Crippen LogP contribution in [-0.4, -0.2) is 19.0 Å². The van der Waals surface area contributed by atoms with E-state index in [9.17, 15) is 9.59 Å². The summed E-state index contributed by atoms with van der Waals surface area (Å²) in [5, 5.41) is 0. The third-order valence-electron chi connectivity index (χ3n) is 1.56. The summed E-state index contributed by atoms with van der Waals surface area (Å²) in [4.78, 5) is 29.9. The second-order valence-electron chi connectivity index (χ2n) is 2.67. The van der Waals surface area contributed by atoms with Gasteiger partial charge in [0.1, 0.15) is 5.75 Å². The van der Waals surface area contributed by atoms with Crippen molar-refractivity contribution in [2.24, 2.45) is 0 Å². The average molecular weight is 210 g/mol. The standard InChI is InChI=1S/C10H10O5/c1-7(11)14-15-10(12)8-3-5-9(13-2)6-4-8/h3-6H,1-2H3. The molecule has 0 aliphatic heterocycles. The summed E-state index contributed by atoms with van der Waals surface area (Å²) >= 11 is 0. The molecule has 1 rings (SSSR count). The van der Waals surface area contributed by atoms with Gasteiger partial charge in [0.15, 0.2) is 0 Å². The van der Waals surface area contributed by atoms with Gasteiger partial charge in [-0.2, -0.15) is 0 Å². The van der Waals surface area contributed by atoms with Gasteiger partial charge in [0, 0.05) is 6.92 Å². The summed E-state index contributed by atoms with van der Waals surface area (Å²) < 4.78 is 4.91. The van der Waals surface area contributed by atoms with Crippen molar-refractivity contribution in [2.45, 2.75) is 6.92 Å². The maximum atomic E-state index is 11.2. The molecule has 0 saturated heterocycles. The van der Waals surface area contributed by atoms with Gasteiger partial charge in [-0.15, -0.1) is 0 Å². The van der Waals surface area contributed by atoms with Gasteiger partial charge in [0.2, 0.25) is 0 Å². The van der Waals surface area contributed by atoms with Crippen LogP contribution in [0.2, 0.25) is 0 Å². The summed E-state index contributed by atoms with van der Waals surface area (Å²) in [5.41, 5.74) is 0.275. The van der Waals surface area contributed by atoms with Gasteiger partial charge in [0.25, 0.3) is 0 Å². The SMILES string of the molecule is COc1ccc(C(=O)OOC(C)=O)cc1. The molecule has 0 atom stereocenters. The van der Waals surface area contributed by atoms with Crippen LogP contribution in [0.25, 0.3) is 0 Å². The number of hydrogen-bond acceptors (Lipinski definition) is 5. The maximum Gasteiger partial charge on any atom is 0.386 e. The minimum Gasteiger partial charge on any atom is -0.497 e. The molecule has 5 nitrogen and oxygen atoms in total. The first-order valence-electron chi connectivity index (χ1n) is 4.17. The summed E-state index contributed by atoms with van der Waals surface area (Å²) in [7, 11) is 1.52. The molecular weight excluding hydrogens is 200 g/mol. The van der Waals surface area contributed by atoms with Gasteiger partial charge in [-0.1, -0.05) is 0 Å². The van der Waals surface area contributed by atoms with Crippen LogP contribution >= 0.6 is 0 Å². The van der Waals surface area contributed by atoms with Crippen LogP contribution in [0.3, 0.4) is 0 Å². The highest BCUT2D eigenvalue weighted by Crippen LogP contribution is 2.12. The lowest BCUT2D eigenvalue weighted by Gasteiger charge is -2.02. The summed E-state index contributed by atoms with van der Waals surface area (Å²) in [6.45, 7) is 1.14. The van der Waals surface area contributed by atoms with Crippen LogP contribution in [0, 0.1) is 0 Å². The lowest BCUT2D eigenvalue weighted by atomic mass is 10.2. The number of ether oxygens (including phenoxy) is 1. The zero-order valence-electron chi connectivity index (χ0n) is 8.35. The molecule has 0 spiro atoms. The number of benzene rings is 1. The molecule has 80 valence electrons. The topological polar surface area (TPSA) is 61.8 Å². The number of carbonyl (C=O) groups excluding carboxylic acids is 2. The van der Waals surface area contributed by atoms with Crippen LogP contribution in [0.1, 0.15) is 17.3 Å². The predicted molar refractivity (Wildman–Crippen MR) is 50.2 cm³/mol. The fourth-order valence-corrected chi connectivity index (χ4v) is 0.872. The molecule has 1 aromatic carbocycles.